The second kappa shape index (κ2) is 6.52. The van der Waals surface area contributed by atoms with Gasteiger partial charge in [-0.25, -0.2) is 4.39 Å². The van der Waals surface area contributed by atoms with Crippen molar-refractivity contribution in [3.05, 3.63) is 62.8 Å². The van der Waals surface area contributed by atoms with Gasteiger partial charge in [0.15, 0.2) is 5.82 Å². The highest BCUT2D eigenvalue weighted by Gasteiger charge is 2.12. The smallest absolute Gasteiger partial charge is 0.161 e. The minimum absolute atomic E-state index is 0.153. The van der Waals surface area contributed by atoms with Gasteiger partial charge in [0.2, 0.25) is 0 Å². The molecule has 3 N–H and O–H groups in total. The van der Waals surface area contributed by atoms with Crippen molar-refractivity contribution >= 4 is 50.4 Å². The molecule has 2 nitrogen and oxygen atoms in total. The van der Waals surface area contributed by atoms with Gasteiger partial charge in [-0.05, 0) is 45.8 Å². The van der Waals surface area contributed by atoms with Crippen LogP contribution in [0.3, 0.4) is 0 Å². The molecule has 0 bridgehead atoms. The Bertz CT molecular complexity index is 646. The first kappa shape index (κ1) is 15.2. The van der Waals surface area contributed by atoms with Gasteiger partial charge in [-0.3, -0.25) is 0 Å². The maximum atomic E-state index is 14.1. The summed E-state index contributed by atoms with van der Waals surface area (Å²) in [5, 5.41) is 3.69. The van der Waals surface area contributed by atoms with E-state index in [1.807, 2.05) is 12.1 Å². The molecule has 0 unspecified atom stereocenters. The first-order chi connectivity index (χ1) is 9.49. The number of benzene rings is 2. The van der Waals surface area contributed by atoms with Crippen molar-refractivity contribution in [2.75, 3.05) is 5.32 Å². The van der Waals surface area contributed by atoms with Gasteiger partial charge in [-0.1, -0.05) is 36.0 Å². The minimum Gasteiger partial charge on any atom is -0.389 e. The lowest BCUT2D eigenvalue weighted by Crippen LogP contribution is -2.12. The van der Waals surface area contributed by atoms with Crippen LogP contribution in [-0.2, 0) is 6.54 Å². The zero-order valence-corrected chi connectivity index (χ0v) is 13.4. The molecule has 0 fully saturated rings. The first-order valence-electron chi connectivity index (χ1n) is 5.75. The van der Waals surface area contributed by atoms with Crippen molar-refractivity contribution in [1.82, 2.24) is 0 Å². The highest BCUT2D eigenvalue weighted by Crippen LogP contribution is 2.27. The van der Waals surface area contributed by atoms with Crippen LogP contribution in [0.25, 0.3) is 0 Å². The Balaban J connectivity index is 2.16. The molecule has 0 radical (unpaired) electrons. The molecule has 2 aromatic rings. The molecule has 0 aromatic heterocycles. The number of anilines is 1. The van der Waals surface area contributed by atoms with Crippen molar-refractivity contribution in [3.8, 4) is 0 Å². The summed E-state index contributed by atoms with van der Waals surface area (Å²) in [5.41, 5.74) is 7.38. The van der Waals surface area contributed by atoms with E-state index in [0.717, 1.165) is 5.56 Å². The highest BCUT2D eigenvalue weighted by atomic mass is 79.9. The summed E-state index contributed by atoms with van der Waals surface area (Å²) in [6.45, 7) is 0.493. The lowest BCUT2D eigenvalue weighted by atomic mass is 10.2. The SMILES string of the molecule is NC(=S)c1ccc(NCc2ccc(Cl)cc2)c(F)c1Br. The van der Waals surface area contributed by atoms with E-state index >= 15 is 0 Å². The van der Waals surface area contributed by atoms with Crippen molar-refractivity contribution in [3.63, 3.8) is 0 Å². The van der Waals surface area contributed by atoms with Gasteiger partial charge in [0.25, 0.3) is 0 Å². The molecular weight excluding hydrogens is 363 g/mol. The van der Waals surface area contributed by atoms with Gasteiger partial charge in [0.1, 0.15) is 4.99 Å². The molecule has 0 aliphatic heterocycles. The van der Waals surface area contributed by atoms with Crippen molar-refractivity contribution < 1.29 is 4.39 Å². The summed E-state index contributed by atoms with van der Waals surface area (Å²) in [5.74, 6) is -0.413. The van der Waals surface area contributed by atoms with Crippen LogP contribution < -0.4 is 11.1 Å². The van der Waals surface area contributed by atoms with Crippen molar-refractivity contribution in [1.29, 1.82) is 0 Å². The average Bonchev–Trinajstić information content (AvgIpc) is 2.42. The zero-order chi connectivity index (χ0) is 14.7. The molecule has 2 aromatic carbocycles. The fourth-order valence-corrected chi connectivity index (χ4v) is 2.66. The van der Waals surface area contributed by atoms with Crippen LogP contribution in [0.5, 0.6) is 0 Å². The van der Waals surface area contributed by atoms with E-state index in [4.69, 9.17) is 29.6 Å². The van der Waals surface area contributed by atoms with Gasteiger partial charge >= 0.3 is 0 Å². The Labute approximate surface area is 135 Å². The van der Waals surface area contributed by atoms with Gasteiger partial charge in [-0.15, -0.1) is 0 Å². The number of nitrogens with two attached hydrogens (primary N) is 1. The lowest BCUT2D eigenvalue weighted by Gasteiger charge is -2.11. The van der Waals surface area contributed by atoms with Crippen molar-refractivity contribution in [2.45, 2.75) is 6.54 Å². The fraction of sp³-hybridized carbons (Fsp3) is 0.0714. The Morgan fingerprint density at radius 1 is 1.25 bits per heavy atom. The van der Waals surface area contributed by atoms with Crippen LogP contribution in [0.1, 0.15) is 11.1 Å². The summed E-state index contributed by atoms with van der Waals surface area (Å²) in [4.78, 5) is 0.153. The molecule has 0 amide bonds. The third-order valence-electron chi connectivity index (χ3n) is 2.74. The molecule has 0 saturated heterocycles. The summed E-state index contributed by atoms with van der Waals surface area (Å²) in [6.07, 6.45) is 0. The summed E-state index contributed by atoms with van der Waals surface area (Å²) >= 11 is 13.8. The highest BCUT2D eigenvalue weighted by molar-refractivity contribution is 9.10. The van der Waals surface area contributed by atoms with Crippen LogP contribution in [0.2, 0.25) is 5.02 Å². The zero-order valence-electron chi connectivity index (χ0n) is 10.3. The van der Waals surface area contributed by atoms with E-state index in [-0.39, 0.29) is 9.46 Å². The molecule has 0 aliphatic rings. The van der Waals surface area contributed by atoms with E-state index in [9.17, 15) is 4.39 Å². The number of halogens is 3. The van der Waals surface area contributed by atoms with Gasteiger partial charge in [0.05, 0.1) is 10.2 Å². The van der Waals surface area contributed by atoms with E-state index < -0.39 is 5.82 Å². The monoisotopic (exact) mass is 372 g/mol. The van der Waals surface area contributed by atoms with E-state index in [1.165, 1.54) is 0 Å². The third-order valence-corrected chi connectivity index (χ3v) is 3.99. The number of rotatable bonds is 4. The second-order valence-corrected chi connectivity index (χ2v) is 5.80. The molecule has 0 spiro atoms. The Morgan fingerprint density at radius 3 is 2.50 bits per heavy atom. The molecular formula is C14H11BrClFN2S. The molecule has 6 heteroatoms. The van der Waals surface area contributed by atoms with E-state index in [2.05, 4.69) is 21.2 Å². The molecule has 2 rings (SSSR count). The topological polar surface area (TPSA) is 38.0 Å². The van der Waals surface area contributed by atoms with Crippen LogP contribution in [0, 0.1) is 5.82 Å². The molecule has 20 heavy (non-hydrogen) atoms. The van der Waals surface area contributed by atoms with E-state index in [1.54, 1.807) is 24.3 Å². The van der Waals surface area contributed by atoms with Gasteiger partial charge in [0, 0.05) is 17.1 Å². The second-order valence-electron chi connectivity index (χ2n) is 4.13. The fourth-order valence-electron chi connectivity index (χ4n) is 1.68. The average molecular weight is 374 g/mol. The molecule has 0 aliphatic carbocycles. The Hall–Kier alpha value is -1.17. The predicted octanol–water partition coefficient (Wildman–Crippen LogP) is 4.49. The summed E-state index contributed by atoms with van der Waals surface area (Å²) in [7, 11) is 0. The summed E-state index contributed by atoms with van der Waals surface area (Å²) < 4.78 is 14.4. The molecule has 104 valence electrons. The Morgan fingerprint density at radius 2 is 1.90 bits per heavy atom. The lowest BCUT2D eigenvalue weighted by molar-refractivity contribution is 0.623. The predicted molar refractivity (Wildman–Crippen MR) is 88.8 cm³/mol. The van der Waals surface area contributed by atoms with Crippen LogP contribution in [0.15, 0.2) is 40.9 Å². The Kier molecular flexibility index (Phi) is 4.96. The maximum Gasteiger partial charge on any atom is 0.161 e. The van der Waals surface area contributed by atoms with Gasteiger partial charge in [-0.2, -0.15) is 0 Å². The van der Waals surface area contributed by atoms with Crippen molar-refractivity contribution in [2.24, 2.45) is 5.73 Å². The van der Waals surface area contributed by atoms with Crippen LogP contribution >= 0.6 is 39.7 Å². The third kappa shape index (κ3) is 3.48. The van der Waals surface area contributed by atoms with Crippen LogP contribution in [0.4, 0.5) is 10.1 Å². The van der Waals surface area contributed by atoms with Gasteiger partial charge < -0.3 is 11.1 Å². The molecule has 0 heterocycles. The molecule has 0 saturated carbocycles. The largest absolute Gasteiger partial charge is 0.389 e. The number of hydrogen-bond acceptors (Lipinski definition) is 2. The summed E-state index contributed by atoms with van der Waals surface area (Å²) in [6, 6.07) is 10.6. The standard InChI is InChI=1S/C14H11BrClFN2S/c15-12-10(14(18)20)5-6-11(13(12)17)19-7-8-1-3-9(16)4-2-8/h1-6,19H,7H2,(H2,18,20). The number of hydrogen-bond donors (Lipinski definition) is 2. The van der Waals surface area contributed by atoms with Crippen LogP contribution in [-0.4, -0.2) is 4.99 Å². The number of nitrogens with one attached hydrogen (secondary N) is 1. The maximum absolute atomic E-state index is 14.1. The minimum atomic E-state index is -0.413. The first-order valence-corrected chi connectivity index (χ1v) is 7.33. The quantitative estimate of drug-likeness (QED) is 0.776. The normalized spacial score (nSPS) is 10.3. The van der Waals surface area contributed by atoms with E-state index in [0.29, 0.717) is 22.8 Å². The molecule has 0 atom stereocenters. The number of thiocarbonyl (C=S) groups is 1.